The summed E-state index contributed by atoms with van der Waals surface area (Å²) in [6, 6.07) is 12.1. The van der Waals surface area contributed by atoms with E-state index in [4.69, 9.17) is 23.8 Å². The zero-order chi connectivity index (χ0) is 18.7. The fourth-order valence-corrected chi connectivity index (χ4v) is 2.94. The Labute approximate surface area is 162 Å². The second kappa shape index (κ2) is 7.85. The van der Waals surface area contributed by atoms with Crippen molar-refractivity contribution < 1.29 is 4.39 Å². The van der Waals surface area contributed by atoms with Gasteiger partial charge in [0.1, 0.15) is 17.7 Å². The van der Waals surface area contributed by atoms with Crippen molar-refractivity contribution in [3.63, 3.8) is 0 Å². The van der Waals surface area contributed by atoms with Crippen molar-refractivity contribution in [2.24, 2.45) is 7.05 Å². The van der Waals surface area contributed by atoms with Crippen LogP contribution in [0, 0.1) is 12.7 Å². The third-order valence-corrected chi connectivity index (χ3v) is 4.50. The molecule has 0 aliphatic rings. The van der Waals surface area contributed by atoms with Gasteiger partial charge in [-0.25, -0.2) is 9.37 Å². The number of benzene rings is 2. The Morgan fingerprint density at radius 2 is 1.96 bits per heavy atom. The summed E-state index contributed by atoms with van der Waals surface area (Å²) in [6.07, 6.45) is 3.59. The summed E-state index contributed by atoms with van der Waals surface area (Å²) in [5.74, 6) is 0.516. The fraction of sp³-hybridized carbons (Fsp3) is 0.158. The first-order chi connectivity index (χ1) is 12.4. The number of imidazole rings is 1. The van der Waals surface area contributed by atoms with E-state index in [9.17, 15) is 4.39 Å². The van der Waals surface area contributed by atoms with Crippen LogP contribution in [0.4, 0.5) is 10.1 Å². The van der Waals surface area contributed by atoms with Crippen LogP contribution in [0.25, 0.3) is 0 Å². The van der Waals surface area contributed by atoms with Gasteiger partial charge in [0.15, 0.2) is 5.11 Å². The summed E-state index contributed by atoms with van der Waals surface area (Å²) >= 11 is 11.4. The zero-order valence-corrected chi connectivity index (χ0v) is 15.9. The quantitative estimate of drug-likeness (QED) is 0.641. The van der Waals surface area contributed by atoms with Gasteiger partial charge in [-0.15, -0.1) is 0 Å². The van der Waals surface area contributed by atoms with Crippen LogP contribution in [0.1, 0.15) is 23.0 Å². The summed E-state index contributed by atoms with van der Waals surface area (Å²) in [5.41, 5.74) is 2.13. The van der Waals surface area contributed by atoms with Crippen molar-refractivity contribution in [2.75, 3.05) is 5.32 Å². The topological polar surface area (TPSA) is 41.9 Å². The van der Waals surface area contributed by atoms with Gasteiger partial charge in [-0.05, 0) is 54.5 Å². The Hall–Kier alpha value is -2.44. The molecule has 7 heteroatoms. The summed E-state index contributed by atoms with van der Waals surface area (Å²) < 4.78 is 15.7. The number of thiocarbonyl (C=S) groups is 1. The molecule has 4 nitrogen and oxygen atoms in total. The predicted molar refractivity (Wildman–Crippen MR) is 107 cm³/mol. The van der Waals surface area contributed by atoms with Gasteiger partial charge in [0, 0.05) is 30.2 Å². The lowest BCUT2D eigenvalue weighted by atomic mass is 10.1. The van der Waals surface area contributed by atoms with Gasteiger partial charge in [0.2, 0.25) is 0 Å². The van der Waals surface area contributed by atoms with Gasteiger partial charge >= 0.3 is 0 Å². The van der Waals surface area contributed by atoms with Crippen molar-refractivity contribution in [3.05, 3.63) is 82.6 Å². The Bertz CT molecular complexity index is 924. The third-order valence-electron chi connectivity index (χ3n) is 4.03. The van der Waals surface area contributed by atoms with E-state index in [-0.39, 0.29) is 11.9 Å². The van der Waals surface area contributed by atoms with Crippen LogP contribution in [0.5, 0.6) is 0 Å². The molecule has 0 spiro atoms. The average Bonchev–Trinajstić information content (AvgIpc) is 3.03. The number of hydrogen-bond donors (Lipinski definition) is 2. The monoisotopic (exact) mass is 388 g/mol. The molecule has 3 rings (SSSR count). The van der Waals surface area contributed by atoms with E-state index in [0.29, 0.717) is 21.4 Å². The van der Waals surface area contributed by atoms with Gasteiger partial charge in [-0.2, -0.15) is 0 Å². The minimum absolute atomic E-state index is 0.275. The van der Waals surface area contributed by atoms with Crippen LogP contribution >= 0.6 is 23.8 Å². The second-order valence-corrected chi connectivity index (χ2v) is 6.79. The normalized spacial score (nSPS) is 11.8. The molecule has 0 fully saturated rings. The smallest absolute Gasteiger partial charge is 0.171 e. The van der Waals surface area contributed by atoms with Crippen LogP contribution in [-0.4, -0.2) is 14.7 Å². The molecule has 1 aromatic heterocycles. The van der Waals surface area contributed by atoms with E-state index in [0.717, 1.165) is 11.4 Å². The maximum absolute atomic E-state index is 13.7. The Kier molecular flexibility index (Phi) is 5.54. The first-order valence-corrected chi connectivity index (χ1v) is 8.79. The molecule has 0 radical (unpaired) electrons. The molecule has 26 heavy (non-hydrogen) atoms. The highest BCUT2D eigenvalue weighted by atomic mass is 35.5. The molecule has 0 bridgehead atoms. The molecule has 0 aliphatic heterocycles. The Balaban J connectivity index is 1.83. The number of aryl methyl sites for hydroxylation is 2. The molecule has 0 saturated carbocycles. The minimum Gasteiger partial charge on any atom is -0.348 e. The third kappa shape index (κ3) is 4.20. The molecular weight excluding hydrogens is 371 g/mol. The number of nitrogens with one attached hydrogen (secondary N) is 2. The van der Waals surface area contributed by atoms with Crippen LogP contribution < -0.4 is 10.6 Å². The Morgan fingerprint density at radius 3 is 2.58 bits per heavy atom. The van der Waals surface area contributed by atoms with Gasteiger partial charge in [0.25, 0.3) is 0 Å². The van der Waals surface area contributed by atoms with Crippen LogP contribution in [0.3, 0.4) is 0 Å². The van der Waals surface area contributed by atoms with Crippen molar-refractivity contribution in [1.82, 2.24) is 14.9 Å². The van der Waals surface area contributed by atoms with Crippen LogP contribution in [0.2, 0.25) is 5.02 Å². The summed E-state index contributed by atoms with van der Waals surface area (Å²) in [4.78, 5) is 4.42. The largest absolute Gasteiger partial charge is 0.348 e. The number of nitrogens with zero attached hydrogens (tertiary/aromatic N) is 2. The lowest BCUT2D eigenvalue weighted by Gasteiger charge is -2.21. The number of halogens is 2. The lowest BCUT2D eigenvalue weighted by molar-refractivity contribution is 0.619. The molecule has 0 saturated heterocycles. The summed E-state index contributed by atoms with van der Waals surface area (Å²) in [5, 5.41) is 7.30. The maximum Gasteiger partial charge on any atom is 0.171 e. The molecule has 1 atom stereocenters. The van der Waals surface area contributed by atoms with E-state index >= 15 is 0 Å². The highest BCUT2D eigenvalue weighted by molar-refractivity contribution is 7.80. The first-order valence-electron chi connectivity index (χ1n) is 8.00. The number of aromatic nitrogens is 2. The maximum atomic E-state index is 13.7. The predicted octanol–water partition coefficient (Wildman–Crippen LogP) is 4.60. The SMILES string of the molecule is Cc1ccc(NC(=S)N[C@H](c2ccc(Cl)cc2)c2nccn2C)cc1F. The molecule has 0 aliphatic carbocycles. The van der Waals surface area contributed by atoms with Gasteiger partial charge in [0.05, 0.1) is 0 Å². The van der Waals surface area contributed by atoms with Crippen molar-refractivity contribution in [3.8, 4) is 0 Å². The van der Waals surface area contributed by atoms with E-state index in [2.05, 4.69) is 15.6 Å². The van der Waals surface area contributed by atoms with E-state index in [1.165, 1.54) is 6.07 Å². The van der Waals surface area contributed by atoms with Crippen molar-refractivity contribution in [1.29, 1.82) is 0 Å². The highest BCUT2D eigenvalue weighted by Gasteiger charge is 2.19. The molecule has 2 N–H and O–H groups in total. The molecule has 0 amide bonds. The number of rotatable bonds is 4. The van der Waals surface area contributed by atoms with Crippen LogP contribution in [0.15, 0.2) is 54.9 Å². The van der Waals surface area contributed by atoms with Gasteiger partial charge in [-0.3, -0.25) is 0 Å². The fourth-order valence-electron chi connectivity index (χ4n) is 2.58. The Morgan fingerprint density at radius 1 is 1.23 bits per heavy atom. The molecular formula is C19H18ClFN4S. The molecule has 3 aromatic rings. The van der Waals surface area contributed by atoms with E-state index in [1.54, 1.807) is 25.3 Å². The molecule has 2 aromatic carbocycles. The molecule has 134 valence electrons. The minimum atomic E-state index is -0.281. The number of anilines is 1. The zero-order valence-electron chi connectivity index (χ0n) is 14.3. The second-order valence-electron chi connectivity index (χ2n) is 5.94. The standard InChI is InChI=1S/C19H18ClFN4S/c1-12-3-8-15(11-16(12)21)23-19(26)24-17(18-22-9-10-25(18)2)13-4-6-14(20)7-5-13/h3-11,17H,1-2H3,(H2,23,24,26)/t17-/m1/s1. The first kappa shape index (κ1) is 18.4. The van der Waals surface area contributed by atoms with E-state index in [1.807, 2.05) is 42.1 Å². The highest BCUT2D eigenvalue weighted by Crippen LogP contribution is 2.23. The van der Waals surface area contributed by atoms with Crippen molar-refractivity contribution >= 4 is 34.6 Å². The number of hydrogen-bond acceptors (Lipinski definition) is 2. The van der Waals surface area contributed by atoms with Crippen LogP contribution in [-0.2, 0) is 7.05 Å². The van der Waals surface area contributed by atoms with Gasteiger partial charge < -0.3 is 15.2 Å². The van der Waals surface area contributed by atoms with E-state index < -0.39 is 0 Å². The molecule has 0 unspecified atom stereocenters. The average molecular weight is 389 g/mol. The lowest BCUT2D eigenvalue weighted by Crippen LogP contribution is -2.34. The summed E-state index contributed by atoms with van der Waals surface area (Å²) in [7, 11) is 1.92. The summed E-state index contributed by atoms with van der Waals surface area (Å²) in [6.45, 7) is 1.72. The van der Waals surface area contributed by atoms with Gasteiger partial charge in [-0.1, -0.05) is 29.8 Å². The van der Waals surface area contributed by atoms with Crippen molar-refractivity contribution in [2.45, 2.75) is 13.0 Å². The molecule has 1 heterocycles.